The molecule has 0 aromatic heterocycles. The Morgan fingerprint density at radius 1 is 0.765 bits per heavy atom. The molecule has 5 rings (SSSR count). The molecular formula is C28H26N2O4. The fourth-order valence-electron chi connectivity index (χ4n) is 4.62. The SMILES string of the molecule is COc1ccc(N2N=C(c3c(O)cccc3OC)CC2c2ccc(OC)c3ccccc23)cc1. The standard InChI is InChI=1S/C28H26N2O4/c1-32-19-13-11-18(12-14-19)30-24(17-23(29-30)28-25(31)9-6-10-27(28)34-3)21-15-16-26(33-2)22-8-5-4-7-20(21)22/h4-16,24,31H,17H2,1-3H3. The van der Waals surface area contributed by atoms with Gasteiger partial charge in [0.1, 0.15) is 23.0 Å². The number of ether oxygens (including phenoxy) is 3. The monoisotopic (exact) mass is 454 g/mol. The van der Waals surface area contributed by atoms with Crippen molar-refractivity contribution in [2.75, 3.05) is 26.3 Å². The van der Waals surface area contributed by atoms with E-state index < -0.39 is 0 Å². The minimum atomic E-state index is -0.0940. The van der Waals surface area contributed by atoms with Crippen molar-refractivity contribution in [3.05, 3.63) is 90.0 Å². The van der Waals surface area contributed by atoms with Gasteiger partial charge in [-0.3, -0.25) is 5.01 Å². The first-order valence-corrected chi connectivity index (χ1v) is 11.1. The van der Waals surface area contributed by atoms with Crippen LogP contribution < -0.4 is 19.2 Å². The Balaban J connectivity index is 1.67. The molecule has 0 saturated carbocycles. The predicted molar refractivity (Wildman–Crippen MR) is 135 cm³/mol. The number of phenolic OH excluding ortho intramolecular Hbond substituents is 1. The molecule has 6 nitrogen and oxygen atoms in total. The van der Waals surface area contributed by atoms with E-state index in [0.29, 0.717) is 17.7 Å². The Kier molecular flexibility index (Phi) is 5.72. The molecule has 0 spiro atoms. The van der Waals surface area contributed by atoms with Gasteiger partial charge in [-0.1, -0.05) is 36.4 Å². The quantitative estimate of drug-likeness (QED) is 0.391. The zero-order chi connectivity index (χ0) is 23.7. The minimum Gasteiger partial charge on any atom is -0.507 e. The number of hydrazone groups is 1. The molecule has 1 heterocycles. The first-order valence-electron chi connectivity index (χ1n) is 11.1. The smallest absolute Gasteiger partial charge is 0.131 e. The maximum Gasteiger partial charge on any atom is 0.131 e. The lowest BCUT2D eigenvalue weighted by Gasteiger charge is -2.25. The van der Waals surface area contributed by atoms with Gasteiger partial charge in [0, 0.05) is 11.8 Å². The molecule has 1 aliphatic heterocycles. The fraction of sp³-hybridized carbons (Fsp3) is 0.179. The zero-order valence-corrected chi connectivity index (χ0v) is 19.4. The van der Waals surface area contributed by atoms with Crippen LogP contribution in [0.1, 0.15) is 23.6 Å². The van der Waals surface area contributed by atoms with E-state index in [9.17, 15) is 5.11 Å². The summed E-state index contributed by atoms with van der Waals surface area (Å²) in [6.45, 7) is 0. The van der Waals surface area contributed by atoms with Gasteiger partial charge in [-0.25, -0.2) is 0 Å². The topological polar surface area (TPSA) is 63.5 Å². The van der Waals surface area contributed by atoms with Crippen molar-refractivity contribution >= 4 is 22.2 Å². The molecular weight excluding hydrogens is 428 g/mol. The number of aromatic hydroxyl groups is 1. The van der Waals surface area contributed by atoms with Crippen LogP contribution in [0.2, 0.25) is 0 Å². The van der Waals surface area contributed by atoms with Crippen molar-refractivity contribution in [2.24, 2.45) is 5.10 Å². The van der Waals surface area contributed by atoms with Crippen LogP contribution in [0.3, 0.4) is 0 Å². The van der Waals surface area contributed by atoms with E-state index in [1.807, 2.05) is 53.5 Å². The molecule has 1 aliphatic rings. The van der Waals surface area contributed by atoms with Crippen LogP contribution in [-0.4, -0.2) is 32.1 Å². The highest BCUT2D eigenvalue weighted by molar-refractivity contribution is 6.08. The third kappa shape index (κ3) is 3.67. The van der Waals surface area contributed by atoms with Gasteiger partial charge in [0.15, 0.2) is 0 Å². The highest BCUT2D eigenvalue weighted by Gasteiger charge is 2.33. The summed E-state index contributed by atoms with van der Waals surface area (Å²) in [6, 6.07) is 25.3. The molecule has 1 N–H and O–H groups in total. The van der Waals surface area contributed by atoms with E-state index in [0.717, 1.165) is 39.2 Å². The molecule has 4 aromatic rings. The van der Waals surface area contributed by atoms with Gasteiger partial charge >= 0.3 is 0 Å². The molecule has 172 valence electrons. The van der Waals surface area contributed by atoms with E-state index in [2.05, 4.69) is 18.2 Å². The molecule has 4 aromatic carbocycles. The average molecular weight is 455 g/mol. The van der Waals surface area contributed by atoms with Crippen molar-refractivity contribution < 1.29 is 19.3 Å². The van der Waals surface area contributed by atoms with Crippen molar-refractivity contribution in [1.82, 2.24) is 0 Å². The molecule has 34 heavy (non-hydrogen) atoms. The lowest BCUT2D eigenvalue weighted by atomic mass is 9.93. The first kappa shape index (κ1) is 21.6. The fourth-order valence-corrected chi connectivity index (χ4v) is 4.62. The highest BCUT2D eigenvalue weighted by atomic mass is 16.5. The second-order valence-electron chi connectivity index (χ2n) is 8.07. The molecule has 0 aliphatic carbocycles. The predicted octanol–water partition coefficient (Wildman–Crippen LogP) is 5.93. The van der Waals surface area contributed by atoms with E-state index in [1.54, 1.807) is 33.5 Å². The maximum atomic E-state index is 10.7. The van der Waals surface area contributed by atoms with Crippen molar-refractivity contribution in [3.8, 4) is 23.0 Å². The van der Waals surface area contributed by atoms with Crippen LogP contribution >= 0.6 is 0 Å². The normalized spacial score (nSPS) is 15.3. The number of hydrogen-bond acceptors (Lipinski definition) is 6. The number of benzene rings is 4. The minimum absolute atomic E-state index is 0.0940. The van der Waals surface area contributed by atoms with Crippen LogP contribution in [0.5, 0.6) is 23.0 Å². The van der Waals surface area contributed by atoms with E-state index >= 15 is 0 Å². The Bertz CT molecular complexity index is 1360. The number of nitrogens with zero attached hydrogens (tertiary/aromatic N) is 2. The summed E-state index contributed by atoms with van der Waals surface area (Å²) < 4.78 is 16.5. The number of hydrogen-bond donors (Lipinski definition) is 1. The van der Waals surface area contributed by atoms with Gasteiger partial charge in [0.2, 0.25) is 0 Å². The molecule has 1 atom stereocenters. The Morgan fingerprint density at radius 3 is 2.21 bits per heavy atom. The van der Waals surface area contributed by atoms with Crippen LogP contribution in [0.4, 0.5) is 5.69 Å². The first-order chi connectivity index (χ1) is 16.6. The summed E-state index contributed by atoms with van der Waals surface area (Å²) in [5.74, 6) is 2.35. The molecule has 0 amide bonds. The van der Waals surface area contributed by atoms with E-state index in [-0.39, 0.29) is 11.8 Å². The summed E-state index contributed by atoms with van der Waals surface area (Å²) in [6.07, 6.45) is 0.594. The molecule has 0 saturated heterocycles. The average Bonchev–Trinajstić information content (AvgIpc) is 3.32. The molecule has 0 fully saturated rings. The summed E-state index contributed by atoms with van der Waals surface area (Å²) in [5, 5.41) is 19.8. The van der Waals surface area contributed by atoms with Crippen molar-refractivity contribution in [1.29, 1.82) is 0 Å². The van der Waals surface area contributed by atoms with Crippen LogP contribution in [0.25, 0.3) is 10.8 Å². The Labute approximate surface area is 198 Å². The number of methoxy groups -OCH3 is 3. The third-order valence-corrected chi connectivity index (χ3v) is 6.26. The van der Waals surface area contributed by atoms with Crippen LogP contribution in [-0.2, 0) is 0 Å². The van der Waals surface area contributed by atoms with E-state index in [4.69, 9.17) is 19.3 Å². The Hall–Kier alpha value is -4.19. The van der Waals surface area contributed by atoms with Crippen LogP contribution in [0, 0.1) is 0 Å². The highest BCUT2D eigenvalue weighted by Crippen LogP contribution is 2.43. The lowest BCUT2D eigenvalue weighted by Crippen LogP contribution is -2.18. The second kappa shape index (κ2) is 8.98. The maximum absolute atomic E-state index is 10.7. The molecule has 1 unspecified atom stereocenters. The number of rotatable bonds is 6. The van der Waals surface area contributed by atoms with Gasteiger partial charge in [-0.2, -0.15) is 5.10 Å². The van der Waals surface area contributed by atoms with Gasteiger partial charge in [0.25, 0.3) is 0 Å². The number of fused-ring (bicyclic) bond motifs is 1. The Morgan fingerprint density at radius 2 is 1.50 bits per heavy atom. The van der Waals surface area contributed by atoms with Gasteiger partial charge in [-0.05, 0) is 53.4 Å². The van der Waals surface area contributed by atoms with Gasteiger partial charge in [-0.15, -0.1) is 0 Å². The molecule has 0 radical (unpaired) electrons. The van der Waals surface area contributed by atoms with E-state index in [1.165, 1.54) is 0 Å². The molecule has 6 heteroatoms. The van der Waals surface area contributed by atoms with Gasteiger partial charge in [0.05, 0.1) is 44.3 Å². The lowest BCUT2D eigenvalue weighted by molar-refractivity contribution is 0.406. The van der Waals surface area contributed by atoms with Crippen LogP contribution in [0.15, 0.2) is 84.0 Å². The number of phenols is 1. The summed E-state index contributed by atoms with van der Waals surface area (Å²) in [7, 11) is 4.94. The second-order valence-corrected chi connectivity index (χ2v) is 8.07. The van der Waals surface area contributed by atoms with Crippen molar-refractivity contribution in [2.45, 2.75) is 12.5 Å². The number of anilines is 1. The third-order valence-electron chi connectivity index (χ3n) is 6.26. The summed E-state index contributed by atoms with van der Waals surface area (Å²) >= 11 is 0. The zero-order valence-electron chi connectivity index (χ0n) is 19.4. The molecule has 0 bridgehead atoms. The van der Waals surface area contributed by atoms with Gasteiger partial charge < -0.3 is 19.3 Å². The largest absolute Gasteiger partial charge is 0.507 e. The summed E-state index contributed by atoms with van der Waals surface area (Å²) in [4.78, 5) is 0. The van der Waals surface area contributed by atoms with Crippen molar-refractivity contribution in [3.63, 3.8) is 0 Å². The summed E-state index contributed by atoms with van der Waals surface area (Å²) in [5.41, 5.74) is 3.43.